The highest BCUT2D eigenvalue weighted by Crippen LogP contribution is 2.26. The van der Waals surface area contributed by atoms with Crippen LogP contribution in [0.5, 0.6) is 11.5 Å². The first-order valence-electron chi connectivity index (χ1n) is 12.7. The number of methoxy groups -OCH3 is 1. The first kappa shape index (κ1) is 26.6. The zero-order valence-electron chi connectivity index (χ0n) is 21.1. The van der Waals surface area contributed by atoms with Crippen molar-refractivity contribution in [3.05, 3.63) is 95.0 Å². The Labute approximate surface area is 223 Å². The maximum atomic E-state index is 13.7. The summed E-state index contributed by atoms with van der Waals surface area (Å²) in [5.74, 6) is 0.581. The summed E-state index contributed by atoms with van der Waals surface area (Å²) < 4.78 is 11.2. The molecule has 2 amide bonds. The van der Waals surface area contributed by atoms with E-state index in [4.69, 9.17) is 21.1 Å². The molecule has 6 nitrogen and oxygen atoms in total. The number of halogens is 1. The van der Waals surface area contributed by atoms with E-state index in [1.54, 1.807) is 36.3 Å². The number of hydrogen-bond acceptors (Lipinski definition) is 4. The van der Waals surface area contributed by atoms with Crippen molar-refractivity contribution in [1.82, 2.24) is 10.2 Å². The Morgan fingerprint density at radius 3 is 2.24 bits per heavy atom. The average molecular weight is 521 g/mol. The van der Waals surface area contributed by atoms with Crippen molar-refractivity contribution in [3.8, 4) is 11.5 Å². The first-order valence-corrected chi connectivity index (χ1v) is 13.1. The van der Waals surface area contributed by atoms with Gasteiger partial charge in [0.2, 0.25) is 5.91 Å². The van der Waals surface area contributed by atoms with Crippen molar-refractivity contribution in [2.45, 2.75) is 50.7 Å². The number of para-hydroxylation sites is 2. The van der Waals surface area contributed by atoms with Crippen molar-refractivity contribution in [1.29, 1.82) is 0 Å². The molecule has 0 unspecified atom stereocenters. The molecule has 1 saturated carbocycles. The second-order valence-electron chi connectivity index (χ2n) is 9.28. The molecular weight excluding hydrogens is 488 g/mol. The van der Waals surface area contributed by atoms with Crippen LogP contribution in [0.3, 0.4) is 0 Å². The van der Waals surface area contributed by atoms with E-state index in [1.807, 2.05) is 54.6 Å². The number of ether oxygens (including phenoxy) is 2. The van der Waals surface area contributed by atoms with Crippen LogP contribution in [0.4, 0.5) is 0 Å². The predicted molar refractivity (Wildman–Crippen MR) is 145 cm³/mol. The third-order valence-electron chi connectivity index (χ3n) is 6.66. The number of benzene rings is 3. The normalized spacial score (nSPS) is 14.1. The molecule has 37 heavy (non-hydrogen) atoms. The standard InChI is InChI=1S/C30H33ClN2O4/c1-36-27-13-7-8-14-28(27)37-21-29(34)33(20-23-15-17-24(31)18-16-23)26(19-22-9-3-2-4-10-22)30(35)32-25-11-5-6-12-25/h2-4,7-10,13-18,25-26H,5-6,11-12,19-21H2,1H3,(H,32,35)/t26-/m0/s1. The molecule has 0 heterocycles. The Morgan fingerprint density at radius 2 is 1.57 bits per heavy atom. The van der Waals surface area contributed by atoms with Gasteiger partial charge in [-0.3, -0.25) is 9.59 Å². The molecule has 0 saturated heterocycles. The first-order chi connectivity index (χ1) is 18.0. The number of nitrogens with one attached hydrogen (secondary N) is 1. The lowest BCUT2D eigenvalue weighted by Crippen LogP contribution is -2.53. The van der Waals surface area contributed by atoms with Crippen LogP contribution < -0.4 is 14.8 Å². The quantitative estimate of drug-likeness (QED) is 0.366. The summed E-state index contributed by atoms with van der Waals surface area (Å²) in [6.45, 7) is 0.0246. The monoisotopic (exact) mass is 520 g/mol. The lowest BCUT2D eigenvalue weighted by atomic mass is 10.0. The van der Waals surface area contributed by atoms with E-state index in [-0.39, 0.29) is 31.0 Å². The molecule has 1 aliphatic carbocycles. The number of carbonyl (C=O) groups excluding carboxylic acids is 2. The Morgan fingerprint density at radius 1 is 0.919 bits per heavy atom. The molecule has 1 fully saturated rings. The highest BCUT2D eigenvalue weighted by Gasteiger charge is 2.32. The lowest BCUT2D eigenvalue weighted by Gasteiger charge is -2.32. The topological polar surface area (TPSA) is 67.9 Å². The van der Waals surface area contributed by atoms with Gasteiger partial charge in [-0.2, -0.15) is 0 Å². The van der Waals surface area contributed by atoms with Crippen LogP contribution in [0.2, 0.25) is 5.02 Å². The van der Waals surface area contributed by atoms with Gasteiger partial charge in [0.25, 0.3) is 5.91 Å². The molecule has 3 aromatic carbocycles. The minimum atomic E-state index is -0.701. The summed E-state index contributed by atoms with van der Waals surface area (Å²) in [5, 5.41) is 3.82. The van der Waals surface area contributed by atoms with Gasteiger partial charge in [-0.05, 0) is 48.2 Å². The number of nitrogens with zero attached hydrogens (tertiary/aromatic N) is 1. The molecule has 7 heteroatoms. The number of rotatable bonds is 11. The summed E-state index contributed by atoms with van der Waals surface area (Å²) in [7, 11) is 1.56. The van der Waals surface area contributed by atoms with Crippen molar-refractivity contribution in [2.24, 2.45) is 0 Å². The molecule has 1 atom stereocenters. The largest absolute Gasteiger partial charge is 0.493 e. The van der Waals surface area contributed by atoms with Gasteiger partial charge in [-0.25, -0.2) is 0 Å². The van der Waals surface area contributed by atoms with Crippen molar-refractivity contribution in [2.75, 3.05) is 13.7 Å². The molecule has 4 rings (SSSR count). The van der Waals surface area contributed by atoms with Crippen molar-refractivity contribution >= 4 is 23.4 Å². The summed E-state index contributed by atoms with van der Waals surface area (Å²) in [4.78, 5) is 29.0. The van der Waals surface area contributed by atoms with Crippen molar-refractivity contribution in [3.63, 3.8) is 0 Å². The van der Waals surface area contributed by atoms with E-state index in [2.05, 4.69) is 5.32 Å². The Kier molecular flexibility index (Phi) is 9.44. The van der Waals surface area contributed by atoms with Crippen LogP contribution >= 0.6 is 11.6 Å². The van der Waals surface area contributed by atoms with Gasteiger partial charge in [0.15, 0.2) is 18.1 Å². The summed E-state index contributed by atoms with van der Waals surface area (Å²) in [6, 6.07) is 23.7. The van der Waals surface area contributed by atoms with Gasteiger partial charge >= 0.3 is 0 Å². The molecular formula is C30H33ClN2O4. The van der Waals surface area contributed by atoms with Gasteiger partial charge in [0.05, 0.1) is 7.11 Å². The maximum Gasteiger partial charge on any atom is 0.261 e. The predicted octanol–water partition coefficient (Wildman–Crippen LogP) is 5.43. The van der Waals surface area contributed by atoms with Crippen LogP contribution in [0, 0.1) is 0 Å². The number of hydrogen-bond donors (Lipinski definition) is 1. The highest BCUT2D eigenvalue weighted by molar-refractivity contribution is 6.30. The molecule has 1 aliphatic rings. The highest BCUT2D eigenvalue weighted by atomic mass is 35.5. The van der Waals surface area contributed by atoms with E-state index in [0.717, 1.165) is 36.8 Å². The summed E-state index contributed by atoms with van der Waals surface area (Å²) >= 11 is 6.10. The van der Waals surface area contributed by atoms with E-state index in [9.17, 15) is 9.59 Å². The third-order valence-corrected chi connectivity index (χ3v) is 6.91. The Balaban J connectivity index is 1.61. The minimum absolute atomic E-state index is 0.142. The molecule has 0 radical (unpaired) electrons. The van der Waals surface area contributed by atoms with Gasteiger partial charge in [0.1, 0.15) is 6.04 Å². The Bertz CT molecular complexity index is 1160. The van der Waals surface area contributed by atoms with Gasteiger partial charge in [0, 0.05) is 24.0 Å². The van der Waals surface area contributed by atoms with E-state index in [1.165, 1.54) is 0 Å². The van der Waals surface area contributed by atoms with Gasteiger partial charge < -0.3 is 19.7 Å². The summed E-state index contributed by atoms with van der Waals surface area (Å²) in [6.07, 6.45) is 4.54. The van der Waals surface area contributed by atoms with Crippen LogP contribution in [-0.2, 0) is 22.6 Å². The number of carbonyl (C=O) groups is 2. The average Bonchev–Trinajstić information content (AvgIpc) is 3.44. The third kappa shape index (κ3) is 7.49. The van der Waals surface area contributed by atoms with Gasteiger partial charge in [-0.15, -0.1) is 0 Å². The Hall–Kier alpha value is -3.51. The molecule has 1 N–H and O–H groups in total. The SMILES string of the molecule is COc1ccccc1OCC(=O)N(Cc1ccc(Cl)cc1)[C@@H](Cc1ccccc1)C(=O)NC1CCCC1. The van der Waals surface area contributed by atoms with E-state index < -0.39 is 6.04 Å². The maximum absolute atomic E-state index is 13.7. The summed E-state index contributed by atoms with van der Waals surface area (Å²) in [5.41, 5.74) is 1.86. The lowest BCUT2D eigenvalue weighted by molar-refractivity contribution is -0.143. The van der Waals surface area contributed by atoms with E-state index in [0.29, 0.717) is 22.9 Å². The van der Waals surface area contributed by atoms with Crippen LogP contribution in [-0.4, -0.2) is 42.5 Å². The van der Waals surface area contributed by atoms with Crippen LogP contribution in [0.1, 0.15) is 36.8 Å². The van der Waals surface area contributed by atoms with Crippen molar-refractivity contribution < 1.29 is 19.1 Å². The molecule has 3 aromatic rings. The fourth-order valence-corrected chi connectivity index (χ4v) is 4.79. The molecule has 194 valence electrons. The fourth-order valence-electron chi connectivity index (χ4n) is 4.67. The van der Waals surface area contributed by atoms with Crippen LogP contribution in [0.25, 0.3) is 0 Å². The molecule has 0 aliphatic heterocycles. The smallest absolute Gasteiger partial charge is 0.261 e. The minimum Gasteiger partial charge on any atom is -0.493 e. The van der Waals surface area contributed by atoms with Gasteiger partial charge in [-0.1, -0.05) is 79.0 Å². The molecule has 0 spiro atoms. The van der Waals surface area contributed by atoms with Crippen LogP contribution in [0.15, 0.2) is 78.9 Å². The van der Waals surface area contributed by atoms with E-state index >= 15 is 0 Å². The molecule has 0 aromatic heterocycles. The fraction of sp³-hybridized carbons (Fsp3) is 0.333. The zero-order valence-corrected chi connectivity index (χ0v) is 21.8. The zero-order chi connectivity index (χ0) is 26.0. The second kappa shape index (κ2) is 13.2. The number of amides is 2. The second-order valence-corrected chi connectivity index (χ2v) is 9.72. The molecule has 0 bridgehead atoms.